The van der Waals surface area contributed by atoms with Gasteiger partial charge < -0.3 is 4.52 Å². The monoisotopic (exact) mass is 402 g/mol. The first-order valence-corrected chi connectivity index (χ1v) is 10.6. The molecule has 4 aromatic rings. The molecule has 4 nitrogen and oxygen atoms in total. The molecule has 0 radical (unpaired) electrons. The molecule has 0 bridgehead atoms. The Balaban J connectivity index is 2.00. The third-order valence-corrected chi connectivity index (χ3v) is 5.04. The molecule has 0 unspecified atom stereocenters. The van der Waals surface area contributed by atoms with Crippen molar-refractivity contribution in [2.45, 2.75) is 0 Å². The minimum Gasteiger partial charge on any atom is -0.404 e. The lowest BCUT2D eigenvalue weighted by Crippen LogP contribution is -1.95. The van der Waals surface area contributed by atoms with Crippen LogP contribution in [-0.2, 0) is 4.57 Å². The summed E-state index contributed by atoms with van der Waals surface area (Å²) in [5, 5.41) is 0. The van der Waals surface area contributed by atoms with Gasteiger partial charge in [0.1, 0.15) is 5.75 Å². The van der Waals surface area contributed by atoms with Gasteiger partial charge in [-0.25, -0.2) is 4.57 Å². The number of phosphoric ester groups is 1. The highest BCUT2D eigenvalue weighted by molar-refractivity contribution is 7.46. The van der Waals surface area contributed by atoms with E-state index in [-0.39, 0.29) is 5.75 Å². The van der Waals surface area contributed by atoms with E-state index in [1.165, 1.54) is 0 Å². The van der Waals surface area contributed by atoms with Crippen LogP contribution in [0.3, 0.4) is 0 Å². The summed E-state index contributed by atoms with van der Waals surface area (Å²) >= 11 is 0. The summed E-state index contributed by atoms with van der Waals surface area (Å²) in [6.45, 7) is 0. The molecule has 29 heavy (non-hydrogen) atoms. The molecule has 0 saturated heterocycles. The summed E-state index contributed by atoms with van der Waals surface area (Å²) in [4.78, 5) is 18.7. The van der Waals surface area contributed by atoms with Crippen LogP contribution in [-0.4, -0.2) is 9.79 Å². The maximum atomic E-state index is 11.5. The maximum Gasteiger partial charge on any atom is 0.524 e. The van der Waals surface area contributed by atoms with Gasteiger partial charge in [-0.15, -0.1) is 0 Å². The van der Waals surface area contributed by atoms with E-state index < -0.39 is 7.82 Å². The number of para-hydroxylation sites is 1. The van der Waals surface area contributed by atoms with Crippen LogP contribution < -0.4 is 4.52 Å². The maximum absolute atomic E-state index is 11.5. The molecule has 4 rings (SSSR count). The largest absolute Gasteiger partial charge is 0.524 e. The van der Waals surface area contributed by atoms with Gasteiger partial charge >= 0.3 is 7.82 Å². The fourth-order valence-electron chi connectivity index (χ4n) is 3.45. The van der Waals surface area contributed by atoms with Gasteiger partial charge in [0.15, 0.2) is 0 Å². The quantitative estimate of drug-likeness (QED) is 0.393. The van der Waals surface area contributed by atoms with Crippen LogP contribution in [0.5, 0.6) is 5.75 Å². The van der Waals surface area contributed by atoms with Crippen molar-refractivity contribution in [3.8, 4) is 39.1 Å². The third kappa shape index (κ3) is 4.30. The van der Waals surface area contributed by atoms with Crippen molar-refractivity contribution < 1.29 is 18.9 Å². The standard InChI is InChI=1S/C24H19O4P/c25-29(26,27)28-23-17-8-7-14-21(23)22-16-9-15-20(18-10-3-1-4-11-18)24(22)19-12-5-2-6-13-19/h1-17H,(H2,25,26,27). The predicted molar refractivity (Wildman–Crippen MR) is 115 cm³/mol. The predicted octanol–water partition coefficient (Wildman–Crippen LogP) is 6.16. The van der Waals surface area contributed by atoms with E-state index in [2.05, 4.69) is 0 Å². The summed E-state index contributed by atoms with van der Waals surface area (Å²) in [7, 11) is -4.69. The highest BCUT2D eigenvalue weighted by Gasteiger charge is 2.21. The van der Waals surface area contributed by atoms with Gasteiger partial charge in [0.25, 0.3) is 0 Å². The number of hydrogen-bond donors (Lipinski definition) is 2. The minimum absolute atomic E-state index is 0.142. The van der Waals surface area contributed by atoms with Gasteiger partial charge in [-0.3, -0.25) is 9.79 Å². The Bertz CT molecular complexity index is 1170. The van der Waals surface area contributed by atoms with Crippen LogP contribution in [0.1, 0.15) is 0 Å². The van der Waals surface area contributed by atoms with Crippen molar-refractivity contribution in [1.82, 2.24) is 0 Å². The van der Waals surface area contributed by atoms with Gasteiger partial charge in [0.05, 0.1) is 0 Å². The van der Waals surface area contributed by atoms with Gasteiger partial charge in [0.2, 0.25) is 0 Å². The second kappa shape index (κ2) is 8.06. The lowest BCUT2D eigenvalue weighted by atomic mass is 9.87. The van der Waals surface area contributed by atoms with Crippen LogP contribution in [0.15, 0.2) is 103 Å². The van der Waals surface area contributed by atoms with Crippen LogP contribution in [0.25, 0.3) is 33.4 Å². The molecule has 5 heteroatoms. The molecular weight excluding hydrogens is 383 g/mol. The highest BCUT2D eigenvalue weighted by Crippen LogP contribution is 2.46. The molecule has 0 heterocycles. The Morgan fingerprint density at radius 2 is 1.07 bits per heavy atom. The van der Waals surface area contributed by atoms with Gasteiger partial charge in [0, 0.05) is 5.56 Å². The smallest absolute Gasteiger partial charge is 0.404 e. The van der Waals surface area contributed by atoms with Gasteiger partial charge in [-0.2, -0.15) is 0 Å². The molecule has 0 saturated carbocycles. The average Bonchev–Trinajstić information content (AvgIpc) is 2.74. The van der Waals surface area contributed by atoms with Gasteiger partial charge in [-0.05, 0) is 33.9 Å². The molecule has 0 aliphatic rings. The topological polar surface area (TPSA) is 66.8 Å². The van der Waals surface area contributed by atoms with Crippen LogP contribution in [0.2, 0.25) is 0 Å². The Hall–Kier alpha value is -3.17. The lowest BCUT2D eigenvalue weighted by Gasteiger charge is -2.18. The summed E-state index contributed by atoms with van der Waals surface area (Å²) in [6, 6.07) is 32.8. The van der Waals surface area contributed by atoms with E-state index in [9.17, 15) is 14.4 Å². The van der Waals surface area contributed by atoms with E-state index in [0.29, 0.717) is 5.56 Å². The third-order valence-electron chi connectivity index (χ3n) is 4.61. The first kappa shape index (κ1) is 19.2. The fourth-order valence-corrected chi connectivity index (χ4v) is 3.86. The summed E-state index contributed by atoms with van der Waals surface area (Å²) in [5.41, 5.74) is 5.52. The molecule has 0 aliphatic heterocycles. The molecule has 4 aromatic carbocycles. The van der Waals surface area contributed by atoms with Crippen LogP contribution in [0.4, 0.5) is 0 Å². The molecule has 0 fully saturated rings. The molecular formula is C24H19O4P. The Morgan fingerprint density at radius 3 is 1.72 bits per heavy atom. The second-order valence-corrected chi connectivity index (χ2v) is 7.70. The molecule has 0 aromatic heterocycles. The van der Waals surface area contributed by atoms with E-state index in [4.69, 9.17) is 4.52 Å². The average molecular weight is 402 g/mol. The summed E-state index contributed by atoms with van der Waals surface area (Å²) in [6.07, 6.45) is 0. The Morgan fingerprint density at radius 1 is 0.552 bits per heavy atom. The van der Waals surface area contributed by atoms with Crippen molar-refractivity contribution >= 4 is 7.82 Å². The normalized spacial score (nSPS) is 11.2. The number of phosphoric acid groups is 1. The van der Waals surface area contributed by atoms with E-state index >= 15 is 0 Å². The Kier molecular flexibility index (Phi) is 5.32. The second-order valence-electron chi connectivity index (χ2n) is 6.54. The van der Waals surface area contributed by atoms with Crippen LogP contribution in [0, 0.1) is 0 Å². The van der Waals surface area contributed by atoms with Crippen molar-refractivity contribution in [2.24, 2.45) is 0 Å². The first-order valence-electron chi connectivity index (χ1n) is 9.11. The molecule has 144 valence electrons. The molecule has 0 spiro atoms. The number of rotatable bonds is 5. The Labute approximate surface area is 169 Å². The van der Waals surface area contributed by atoms with Crippen LogP contribution >= 0.6 is 7.82 Å². The summed E-state index contributed by atoms with van der Waals surface area (Å²) < 4.78 is 16.5. The van der Waals surface area contributed by atoms with Crippen molar-refractivity contribution in [3.63, 3.8) is 0 Å². The molecule has 0 aliphatic carbocycles. The zero-order chi connectivity index (χ0) is 20.3. The van der Waals surface area contributed by atoms with E-state index in [1.54, 1.807) is 12.1 Å². The zero-order valence-electron chi connectivity index (χ0n) is 15.5. The van der Waals surface area contributed by atoms with Gasteiger partial charge in [-0.1, -0.05) is 97.1 Å². The number of hydrogen-bond acceptors (Lipinski definition) is 2. The molecule has 0 atom stereocenters. The van der Waals surface area contributed by atoms with Crippen molar-refractivity contribution in [1.29, 1.82) is 0 Å². The SMILES string of the molecule is O=P(O)(O)Oc1ccccc1-c1cccc(-c2ccccc2)c1-c1ccccc1. The zero-order valence-corrected chi connectivity index (χ0v) is 16.4. The van der Waals surface area contributed by atoms with E-state index in [1.807, 2.05) is 91.0 Å². The molecule has 0 amide bonds. The highest BCUT2D eigenvalue weighted by atomic mass is 31.2. The van der Waals surface area contributed by atoms with E-state index in [0.717, 1.165) is 27.8 Å². The molecule has 2 N–H and O–H groups in total. The van der Waals surface area contributed by atoms with Crippen molar-refractivity contribution in [3.05, 3.63) is 103 Å². The fraction of sp³-hybridized carbons (Fsp3) is 0. The number of benzene rings is 4. The summed E-state index contributed by atoms with van der Waals surface area (Å²) in [5.74, 6) is 0.142. The first-order chi connectivity index (χ1) is 14.0. The van der Waals surface area contributed by atoms with Crippen molar-refractivity contribution in [2.75, 3.05) is 0 Å². The minimum atomic E-state index is -4.69. The lowest BCUT2D eigenvalue weighted by molar-refractivity contribution is 0.283.